The summed E-state index contributed by atoms with van der Waals surface area (Å²) in [6.07, 6.45) is -4.08. The van der Waals surface area contributed by atoms with E-state index in [1.165, 1.54) is 31.3 Å². The molecule has 0 saturated heterocycles. The van der Waals surface area contributed by atoms with E-state index in [-0.39, 0.29) is 18.0 Å². The van der Waals surface area contributed by atoms with Crippen LogP contribution in [-0.2, 0) is 22.8 Å². The highest BCUT2D eigenvalue weighted by atomic mass is 19.4. The van der Waals surface area contributed by atoms with Crippen LogP contribution in [0.3, 0.4) is 0 Å². The number of nitrogens with zero attached hydrogens (tertiary/aromatic N) is 2. The lowest BCUT2D eigenvalue weighted by atomic mass is 9.74. The second-order valence-electron chi connectivity index (χ2n) is 6.31. The molecule has 1 aliphatic heterocycles. The molecule has 2 aliphatic rings. The molecule has 1 atom stereocenters. The second-order valence-corrected chi connectivity index (χ2v) is 6.31. The SMILES string of the molecule is CNC1=NC(=O)C2(CCc3cc(F)ccc32)c2nc(C(F)(F)F)ccc21. The zero-order valence-electron chi connectivity index (χ0n) is 13.6. The van der Waals surface area contributed by atoms with Gasteiger partial charge >= 0.3 is 6.18 Å². The molecule has 1 spiro atoms. The summed E-state index contributed by atoms with van der Waals surface area (Å²) in [5, 5.41) is 2.74. The van der Waals surface area contributed by atoms with Crippen LogP contribution in [0.1, 0.15) is 34.5 Å². The third-order valence-corrected chi connectivity index (χ3v) is 4.96. The van der Waals surface area contributed by atoms with Crippen LogP contribution >= 0.6 is 0 Å². The van der Waals surface area contributed by atoms with Crippen LogP contribution in [0.2, 0.25) is 0 Å². The smallest absolute Gasteiger partial charge is 0.372 e. The van der Waals surface area contributed by atoms with Gasteiger partial charge in [-0.25, -0.2) is 9.37 Å². The van der Waals surface area contributed by atoms with Crippen LogP contribution in [0.25, 0.3) is 0 Å². The highest BCUT2D eigenvalue weighted by molar-refractivity contribution is 6.13. The zero-order chi connectivity index (χ0) is 18.7. The van der Waals surface area contributed by atoms with Crippen molar-refractivity contribution in [1.82, 2.24) is 10.3 Å². The van der Waals surface area contributed by atoms with Crippen LogP contribution < -0.4 is 5.32 Å². The predicted octanol–water partition coefficient (Wildman–Crippen LogP) is 2.98. The minimum absolute atomic E-state index is 0.0158. The quantitative estimate of drug-likeness (QED) is 0.733. The Kier molecular flexibility index (Phi) is 3.44. The first kappa shape index (κ1) is 16.7. The maximum Gasteiger partial charge on any atom is 0.433 e. The number of pyridine rings is 1. The summed E-state index contributed by atoms with van der Waals surface area (Å²) < 4.78 is 53.2. The van der Waals surface area contributed by atoms with Gasteiger partial charge in [0, 0.05) is 12.6 Å². The van der Waals surface area contributed by atoms with Gasteiger partial charge in [-0.15, -0.1) is 0 Å². The third kappa shape index (κ3) is 2.17. The van der Waals surface area contributed by atoms with Crippen LogP contribution in [0.5, 0.6) is 0 Å². The molecule has 4 nitrogen and oxygen atoms in total. The van der Waals surface area contributed by atoms with Crippen LogP contribution in [0, 0.1) is 5.82 Å². The van der Waals surface area contributed by atoms with Gasteiger partial charge in [-0.1, -0.05) is 6.07 Å². The van der Waals surface area contributed by atoms with Crippen molar-refractivity contribution in [2.75, 3.05) is 7.05 Å². The number of benzene rings is 1. The van der Waals surface area contributed by atoms with Crippen molar-refractivity contribution in [3.8, 4) is 0 Å². The number of rotatable bonds is 0. The van der Waals surface area contributed by atoms with Gasteiger partial charge in [0.2, 0.25) is 0 Å². The van der Waals surface area contributed by atoms with Gasteiger partial charge in [0.05, 0.1) is 5.69 Å². The standard InChI is InChI=1S/C18H13F4N3O/c1-23-15-11-3-5-13(18(20,21)22)24-14(11)17(16(26)25-15)7-6-9-8-10(19)2-4-12(9)17/h2-5,8H,6-7H2,1H3,(H,23,25,26). The molecule has 2 heterocycles. The largest absolute Gasteiger partial charge is 0.433 e. The first-order valence-electron chi connectivity index (χ1n) is 7.96. The first-order chi connectivity index (χ1) is 12.3. The van der Waals surface area contributed by atoms with Gasteiger partial charge < -0.3 is 5.32 Å². The van der Waals surface area contributed by atoms with Crippen molar-refractivity contribution in [3.63, 3.8) is 0 Å². The van der Waals surface area contributed by atoms with Gasteiger partial charge in [-0.2, -0.15) is 18.2 Å². The minimum Gasteiger partial charge on any atom is -0.372 e. The number of aromatic nitrogens is 1. The molecule has 26 heavy (non-hydrogen) atoms. The average Bonchev–Trinajstić information content (AvgIpc) is 2.96. The first-order valence-corrected chi connectivity index (χ1v) is 7.96. The number of aryl methyl sites for hydroxylation is 1. The van der Waals surface area contributed by atoms with Gasteiger partial charge in [-0.3, -0.25) is 4.79 Å². The van der Waals surface area contributed by atoms with E-state index in [9.17, 15) is 22.4 Å². The predicted molar refractivity (Wildman–Crippen MR) is 85.3 cm³/mol. The Morgan fingerprint density at radius 2 is 1.96 bits per heavy atom. The zero-order valence-corrected chi connectivity index (χ0v) is 13.6. The van der Waals surface area contributed by atoms with Crippen molar-refractivity contribution < 1.29 is 22.4 Å². The highest BCUT2D eigenvalue weighted by Gasteiger charge is 2.52. The molecule has 0 radical (unpaired) electrons. The fourth-order valence-electron chi connectivity index (χ4n) is 3.79. The van der Waals surface area contributed by atoms with Crippen molar-refractivity contribution >= 4 is 11.7 Å². The molecule has 0 fully saturated rings. The number of nitrogens with one attached hydrogen (secondary N) is 1. The summed E-state index contributed by atoms with van der Waals surface area (Å²) >= 11 is 0. The maximum atomic E-state index is 13.6. The number of amidine groups is 1. The molecule has 8 heteroatoms. The van der Waals surface area contributed by atoms with Gasteiger partial charge in [0.1, 0.15) is 22.8 Å². The molecule has 2 aromatic rings. The van der Waals surface area contributed by atoms with Crippen molar-refractivity contribution in [1.29, 1.82) is 0 Å². The fourth-order valence-corrected chi connectivity index (χ4v) is 3.79. The van der Waals surface area contributed by atoms with E-state index in [0.717, 1.165) is 6.07 Å². The Bertz CT molecular complexity index is 967. The molecule has 0 saturated carbocycles. The van der Waals surface area contributed by atoms with Crippen LogP contribution in [0.15, 0.2) is 35.3 Å². The van der Waals surface area contributed by atoms with Crippen molar-refractivity contribution in [3.05, 3.63) is 64.2 Å². The molecule has 1 amide bonds. The lowest BCUT2D eigenvalue weighted by Gasteiger charge is -2.32. The Hall–Kier alpha value is -2.77. The van der Waals surface area contributed by atoms with E-state index in [1.54, 1.807) is 0 Å². The molecule has 1 N–H and O–H groups in total. The molecule has 1 aliphatic carbocycles. The van der Waals surface area contributed by atoms with Crippen LogP contribution in [0.4, 0.5) is 17.6 Å². The number of carbonyl (C=O) groups is 1. The van der Waals surface area contributed by atoms with E-state index >= 15 is 0 Å². The van der Waals surface area contributed by atoms with Crippen molar-refractivity contribution in [2.45, 2.75) is 24.4 Å². The van der Waals surface area contributed by atoms with Gasteiger partial charge in [0.25, 0.3) is 5.91 Å². The minimum atomic E-state index is -4.64. The summed E-state index contributed by atoms with van der Waals surface area (Å²) in [4.78, 5) is 20.8. The third-order valence-electron chi connectivity index (χ3n) is 4.96. The number of alkyl halides is 3. The summed E-state index contributed by atoms with van der Waals surface area (Å²) in [5.74, 6) is -0.875. The maximum absolute atomic E-state index is 13.6. The van der Waals surface area contributed by atoms with Gasteiger partial charge in [0.15, 0.2) is 0 Å². The van der Waals surface area contributed by atoms with E-state index < -0.39 is 29.0 Å². The number of hydrogen-bond acceptors (Lipinski definition) is 3. The molecule has 134 valence electrons. The average molecular weight is 363 g/mol. The molecule has 4 rings (SSSR count). The Labute approximate surface area is 146 Å². The molecule has 1 aromatic heterocycles. The van der Waals surface area contributed by atoms with E-state index in [2.05, 4.69) is 15.3 Å². The van der Waals surface area contributed by atoms with Crippen molar-refractivity contribution in [2.24, 2.45) is 4.99 Å². The van der Waals surface area contributed by atoms with E-state index in [1.807, 2.05) is 0 Å². The topological polar surface area (TPSA) is 54.4 Å². The Balaban J connectivity index is 2.03. The summed E-state index contributed by atoms with van der Waals surface area (Å²) in [7, 11) is 1.53. The lowest BCUT2D eigenvalue weighted by Crippen LogP contribution is -2.43. The summed E-state index contributed by atoms with van der Waals surface area (Å²) in [6.45, 7) is 0. The Morgan fingerprint density at radius 3 is 2.65 bits per heavy atom. The van der Waals surface area contributed by atoms with Crippen LogP contribution in [-0.4, -0.2) is 23.8 Å². The number of carbonyl (C=O) groups excluding carboxylic acids is 1. The number of fused-ring (bicyclic) bond motifs is 4. The highest BCUT2D eigenvalue weighted by Crippen LogP contribution is 2.48. The summed E-state index contributed by atoms with van der Waals surface area (Å²) in [6, 6.07) is 6.10. The Morgan fingerprint density at radius 1 is 1.19 bits per heavy atom. The summed E-state index contributed by atoms with van der Waals surface area (Å²) in [5.41, 5.74) is -1.07. The fraction of sp³-hybridized carbons (Fsp3) is 0.278. The molecule has 0 bridgehead atoms. The molecule has 1 aromatic carbocycles. The number of halogens is 4. The second kappa shape index (κ2) is 5.36. The van der Waals surface area contributed by atoms with E-state index in [0.29, 0.717) is 23.1 Å². The number of hydrogen-bond donors (Lipinski definition) is 1. The number of amides is 1. The van der Waals surface area contributed by atoms with E-state index in [4.69, 9.17) is 0 Å². The normalized spacial score (nSPS) is 21.4. The molecular weight excluding hydrogens is 350 g/mol. The van der Waals surface area contributed by atoms with Gasteiger partial charge in [-0.05, 0) is 48.2 Å². The number of aliphatic imine (C=N–C) groups is 1. The monoisotopic (exact) mass is 363 g/mol. The lowest BCUT2D eigenvalue weighted by molar-refractivity contribution is -0.141. The molecule has 1 unspecified atom stereocenters. The molecular formula is C18H13F4N3O.